The number of amides is 3. The fourth-order valence-electron chi connectivity index (χ4n) is 3.83. The summed E-state index contributed by atoms with van der Waals surface area (Å²) < 4.78 is 7.46. The maximum atomic E-state index is 13.0. The van der Waals surface area contributed by atoms with Crippen LogP contribution in [0.2, 0.25) is 0 Å². The number of imidazole rings is 1. The van der Waals surface area contributed by atoms with E-state index >= 15 is 0 Å². The van der Waals surface area contributed by atoms with Gasteiger partial charge in [0.15, 0.2) is 5.65 Å². The standard InChI is InChI=1S/C26H22N6O3/c1-2-31-22-9-3-4-10-23(22)35-17-21(25(31)33)30-26(34)29-19-8-5-7-18(15-19)12-13-20-16-27-24-11-6-14-28-32(20)24/h3-11,14-16,21H,2,17H2,1H3,(H2,29,30,34)/t21-/m0/s1. The van der Waals surface area contributed by atoms with Crippen LogP contribution in [0.25, 0.3) is 5.65 Å². The maximum absolute atomic E-state index is 13.0. The van der Waals surface area contributed by atoms with Crippen LogP contribution in [0.15, 0.2) is 73.1 Å². The molecular weight excluding hydrogens is 444 g/mol. The number of aromatic nitrogens is 3. The van der Waals surface area contributed by atoms with Crippen LogP contribution < -0.4 is 20.3 Å². The van der Waals surface area contributed by atoms with E-state index in [0.29, 0.717) is 40.6 Å². The Hall–Kier alpha value is -4.84. The number of urea groups is 1. The summed E-state index contributed by atoms with van der Waals surface area (Å²) in [4.78, 5) is 31.6. The summed E-state index contributed by atoms with van der Waals surface area (Å²) in [6.07, 6.45) is 3.33. The van der Waals surface area contributed by atoms with Crippen LogP contribution in [0.3, 0.4) is 0 Å². The van der Waals surface area contributed by atoms with Crippen LogP contribution in [-0.2, 0) is 4.79 Å². The molecule has 0 saturated carbocycles. The van der Waals surface area contributed by atoms with E-state index in [1.54, 1.807) is 40.0 Å². The lowest BCUT2D eigenvalue weighted by Crippen LogP contribution is -2.51. The van der Waals surface area contributed by atoms with E-state index in [9.17, 15) is 9.59 Å². The third kappa shape index (κ3) is 4.63. The highest BCUT2D eigenvalue weighted by Gasteiger charge is 2.31. The van der Waals surface area contributed by atoms with Gasteiger partial charge in [0, 0.05) is 24.0 Å². The predicted octanol–water partition coefficient (Wildman–Crippen LogP) is 3.06. The number of carbonyl (C=O) groups is 2. The van der Waals surface area contributed by atoms with Gasteiger partial charge in [-0.25, -0.2) is 14.3 Å². The first-order valence-corrected chi connectivity index (χ1v) is 11.1. The van der Waals surface area contributed by atoms with E-state index in [2.05, 4.69) is 32.6 Å². The van der Waals surface area contributed by atoms with E-state index in [4.69, 9.17) is 4.74 Å². The number of anilines is 2. The minimum absolute atomic E-state index is 0.0403. The van der Waals surface area contributed by atoms with E-state index < -0.39 is 12.1 Å². The molecule has 0 bridgehead atoms. The van der Waals surface area contributed by atoms with Crippen molar-refractivity contribution in [3.63, 3.8) is 0 Å². The van der Waals surface area contributed by atoms with Gasteiger partial charge in [0.2, 0.25) is 0 Å². The molecule has 2 N–H and O–H groups in total. The number of nitrogens with zero attached hydrogens (tertiary/aromatic N) is 4. The van der Waals surface area contributed by atoms with Crippen LogP contribution >= 0.6 is 0 Å². The van der Waals surface area contributed by atoms with E-state index in [1.807, 2.05) is 49.4 Å². The number of hydrogen-bond donors (Lipinski definition) is 2. The zero-order valence-electron chi connectivity index (χ0n) is 18.9. The van der Waals surface area contributed by atoms with Gasteiger partial charge in [-0.05, 0) is 55.3 Å². The van der Waals surface area contributed by atoms with Gasteiger partial charge in [0.25, 0.3) is 5.91 Å². The van der Waals surface area contributed by atoms with Gasteiger partial charge in [0.05, 0.1) is 11.9 Å². The fraction of sp³-hybridized carbons (Fsp3) is 0.154. The van der Waals surface area contributed by atoms with Crippen molar-refractivity contribution in [2.24, 2.45) is 0 Å². The molecular formula is C26H22N6O3. The Morgan fingerprint density at radius 1 is 1.14 bits per heavy atom. The third-order valence-electron chi connectivity index (χ3n) is 5.48. The van der Waals surface area contributed by atoms with Gasteiger partial charge in [-0.3, -0.25) is 4.79 Å². The molecule has 3 heterocycles. The summed E-state index contributed by atoms with van der Waals surface area (Å²) in [6, 6.07) is 16.8. The summed E-state index contributed by atoms with van der Waals surface area (Å²) in [5.74, 6) is 6.51. The van der Waals surface area contributed by atoms with Gasteiger partial charge in [0.1, 0.15) is 24.1 Å². The largest absolute Gasteiger partial charge is 0.489 e. The minimum atomic E-state index is -0.826. The Labute approximate surface area is 201 Å². The smallest absolute Gasteiger partial charge is 0.320 e. The van der Waals surface area contributed by atoms with Crippen molar-refractivity contribution >= 4 is 29.0 Å². The van der Waals surface area contributed by atoms with Gasteiger partial charge in [-0.2, -0.15) is 5.10 Å². The Bertz CT molecular complexity index is 1470. The number of carbonyl (C=O) groups excluding carboxylic acids is 2. The molecule has 0 radical (unpaired) electrons. The molecule has 0 aliphatic carbocycles. The second-order valence-electron chi connectivity index (χ2n) is 7.78. The molecule has 2 aromatic heterocycles. The summed E-state index contributed by atoms with van der Waals surface area (Å²) >= 11 is 0. The second kappa shape index (κ2) is 9.57. The highest BCUT2D eigenvalue weighted by Crippen LogP contribution is 2.30. The fourth-order valence-corrected chi connectivity index (χ4v) is 3.83. The molecule has 0 unspecified atom stereocenters. The van der Waals surface area contributed by atoms with Crippen molar-refractivity contribution < 1.29 is 14.3 Å². The SMILES string of the molecule is CCN1C(=O)[C@@H](NC(=O)Nc2cccc(C#Cc3cnc4cccnn34)c2)COc2ccccc21. The number of para-hydroxylation sites is 2. The lowest BCUT2D eigenvalue weighted by atomic mass is 10.2. The minimum Gasteiger partial charge on any atom is -0.489 e. The first kappa shape index (κ1) is 22.0. The van der Waals surface area contributed by atoms with Gasteiger partial charge >= 0.3 is 6.03 Å². The van der Waals surface area contributed by atoms with Crippen molar-refractivity contribution in [2.75, 3.05) is 23.4 Å². The number of likely N-dealkylation sites (N-methyl/N-ethyl adjacent to an activating group) is 1. The normalized spacial score (nSPS) is 14.8. The lowest BCUT2D eigenvalue weighted by Gasteiger charge is -2.23. The number of rotatable bonds is 3. The topological polar surface area (TPSA) is 101 Å². The van der Waals surface area contributed by atoms with E-state index in [0.717, 1.165) is 0 Å². The molecule has 2 aromatic carbocycles. The predicted molar refractivity (Wildman–Crippen MR) is 131 cm³/mol. The summed E-state index contributed by atoms with van der Waals surface area (Å²) in [6.45, 7) is 2.38. The van der Waals surface area contributed by atoms with E-state index in [-0.39, 0.29) is 12.5 Å². The second-order valence-corrected chi connectivity index (χ2v) is 7.78. The molecule has 0 spiro atoms. The summed E-state index contributed by atoms with van der Waals surface area (Å²) in [5.41, 5.74) is 3.31. The zero-order chi connectivity index (χ0) is 24.2. The van der Waals surface area contributed by atoms with Gasteiger partial charge < -0.3 is 20.3 Å². The van der Waals surface area contributed by atoms with Crippen LogP contribution in [0, 0.1) is 11.8 Å². The molecule has 1 atom stereocenters. The molecule has 0 fully saturated rings. The number of ether oxygens (including phenoxy) is 1. The molecule has 5 rings (SSSR count). The Morgan fingerprint density at radius 3 is 2.91 bits per heavy atom. The van der Waals surface area contributed by atoms with Crippen molar-refractivity contribution in [1.82, 2.24) is 19.9 Å². The molecule has 0 saturated heterocycles. The molecule has 9 heteroatoms. The Kier molecular flexibility index (Phi) is 6.01. The number of nitrogens with one attached hydrogen (secondary N) is 2. The van der Waals surface area contributed by atoms with Crippen LogP contribution in [0.4, 0.5) is 16.2 Å². The highest BCUT2D eigenvalue weighted by molar-refractivity contribution is 6.02. The first-order chi connectivity index (χ1) is 17.1. The number of hydrogen-bond acceptors (Lipinski definition) is 5. The van der Waals surface area contributed by atoms with Crippen LogP contribution in [-0.4, -0.2) is 45.7 Å². The molecule has 35 heavy (non-hydrogen) atoms. The molecule has 1 aliphatic rings. The van der Waals surface area contributed by atoms with Crippen molar-refractivity contribution in [3.8, 4) is 17.6 Å². The molecule has 9 nitrogen and oxygen atoms in total. The van der Waals surface area contributed by atoms with Crippen molar-refractivity contribution in [1.29, 1.82) is 0 Å². The van der Waals surface area contributed by atoms with Gasteiger partial charge in [-0.15, -0.1) is 0 Å². The average Bonchev–Trinajstić information content (AvgIpc) is 3.24. The third-order valence-corrected chi connectivity index (χ3v) is 5.48. The molecule has 174 valence electrons. The lowest BCUT2D eigenvalue weighted by molar-refractivity contribution is -0.120. The monoisotopic (exact) mass is 466 g/mol. The zero-order valence-corrected chi connectivity index (χ0v) is 18.9. The number of fused-ring (bicyclic) bond motifs is 2. The first-order valence-electron chi connectivity index (χ1n) is 11.1. The summed E-state index contributed by atoms with van der Waals surface area (Å²) in [5, 5.41) is 9.75. The molecule has 3 amide bonds. The van der Waals surface area contributed by atoms with Crippen molar-refractivity contribution in [2.45, 2.75) is 13.0 Å². The molecule has 4 aromatic rings. The Morgan fingerprint density at radius 2 is 2.03 bits per heavy atom. The van der Waals surface area contributed by atoms with Crippen molar-refractivity contribution in [3.05, 3.63) is 84.3 Å². The van der Waals surface area contributed by atoms with Crippen LogP contribution in [0.1, 0.15) is 18.2 Å². The Balaban J connectivity index is 1.27. The van der Waals surface area contributed by atoms with E-state index in [1.165, 1.54) is 0 Å². The van der Waals surface area contributed by atoms with Gasteiger partial charge in [-0.1, -0.05) is 24.1 Å². The average molecular weight is 467 g/mol. The highest BCUT2D eigenvalue weighted by atomic mass is 16.5. The maximum Gasteiger partial charge on any atom is 0.320 e. The summed E-state index contributed by atoms with van der Waals surface area (Å²) in [7, 11) is 0. The van der Waals surface area contributed by atoms with Crippen LogP contribution in [0.5, 0.6) is 5.75 Å². The number of benzene rings is 2. The quantitative estimate of drug-likeness (QED) is 0.452. The molecule has 1 aliphatic heterocycles.